The Balaban J connectivity index is 2.60. The lowest BCUT2D eigenvalue weighted by molar-refractivity contribution is 0.0697. The first-order valence-electron chi connectivity index (χ1n) is 7.44. The zero-order chi connectivity index (χ0) is 17.5. The van der Waals surface area contributed by atoms with Gasteiger partial charge in [0.2, 0.25) is 0 Å². The van der Waals surface area contributed by atoms with Gasteiger partial charge in [0.15, 0.2) is 0 Å². The molecule has 0 aliphatic rings. The minimum atomic E-state index is -2.57. The first kappa shape index (κ1) is 17.9. The molecule has 0 saturated heterocycles. The Morgan fingerprint density at radius 1 is 1.29 bits per heavy atom. The maximum Gasteiger partial charge on any atom is 0.335 e. The Kier molecular flexibility index (Phi) is 6.28. The molecule has 0 saturated carbocycles. The van der Waals surface area contributed by atoms with Crippen LogP contribution in [0.15, 0.2) is 36.7 Å². The van der Waals surface area contributed by atoms with Crippen molar-refractivity contribution in [1.82, 2.24) is 4.98 Å². The van der Waals surface area contributed by atoms with Crippen molar-refractivity contribution in [1.29, 1.82) is 0 Å². The largest absolute Gasteiger partial charge is 0.755 e. The van der Waals surface area contributed by atoms with Gasteiger partial charge >= 0.3 is 5.97 Å². The molecule has 0 aliphatic carbocycles. The molecule has 2 aromatic rings. The predicted molar refractivity (Wildman–Crippen MR) is 92.6 cm³/mol. The molecule has 24 heavy (non-hydrogen) atoms. The number of hydrogen-bond donors (Lipinski definition) is 3. The van der Waals surface area contributed by atoms with Crippen molar-refractivity contribution in [3.63, 3.8) is 0 Å². The van der Waals surface area contributed by atoms with E-state index in [4.69, 9.17) is 0 Å². The normalized spacial score (nSPS) is 11.8. The Morgan fingerprint density at radius 3 is 2.54 bits per heavy atom. The molecule has 0 spiro atoms. The van der Waals surface area contributed by atoms with E-state index in [1.54, 1.807) is 24.5 Å². The lowest BCUT2D eigenvalue weighted by atomic mass is 10.00. The second-order valence-electron chi connectivity index (χ2n) is 5.10. The van der Waals surface area contributed by atoms with Gasteiger partial charge in [-0.15, -0.1) is 0 Å². The second-order valence-corrected chi connectivity index (χ2v) is 5.78. The summed E-state index contributed by atoms with van der Waals surface area (Å²) in [6.45, 7) is 2.70. The Labute approximate surface area is 142 Å². The molecule has 2 rings (SSSR count). The first-order valence-corrected chi connectivity index (χ1v) is 8.52. The van der Waals surface area contributed by atoms with Crippen LogP contribution in [0.4, 0.5) is 11.4 Å². The second kappa shape index (κ2) is 8.42. The number of nitrogens with zero attached hydrogens (tertiary/aromatic N) is 1. The molecule has 0 aliphatic heterocycles. The average Bonchev–Trinajstić information content (AvgIpc) is 2.55. The summed E-state index contributed by atoms with van der Waals surface area (Å²) in [5.41, 5.74) is 2.08. The van der Waals surface area contributed by atoms with Crippen LogP contribution < -0.4 is 10.0 Å². The predicted octanol–water partition coefficient (Wildman–Crippen LogP) is 2.86. The highest BCUT2D eigenvalue weighted by Gasteiger charge is 2.16. The smallest absolute Gasteiger partial charge is 0.335 e. The lowest BCUT2D eigenvalue weighted by Crippen LogP contribution is -2.10. The molecule has 0 fully saturated rings. The van der Waals surface area contributed by atoms with Crippen LogP contribution >= 0.6 is 0 Å². The third-order valence-electron chi connectivity index (χ3n) is 3.39. The molecule has 0 amide bonds. The van der Waals surface area contributed by atoms with E-state index >= 15 is 0 Å². The molecular formula is C16H18N3O4S-. The van der Waals surface area contributed by atoms with Crippen molar-refractivity contribution in [3.8, 4) is 11.1 Å². The number of carboxylic acids is 1. The highest BCUT2D eigenvalue weighted by Crippen LogP contribution is 2.36. The molecule has 1 atom stereocenters. The van der Waals surface area contributed by atoms with Crippen LogP contribution in [0.5, 0.6) is 0 Å². The molecule has 7 nitrogen and oxygen atoms in total. The van der Waals surface area contributed by atoms with Crippen molar-refractivity contribution >= 4 is 28.6 Å². The van der Waals surface area contributed by atoms with Crippen LogP contribution in [0.25, 0.3) is 11.1 Å². The number of pyridine rings is 1. The third-order valence-corrected chi connectivity index (χ3v) is 3.78. The van der Waals surface area contributed by atoms with Crippen molar-refractivity contribution in [3.05, 3.63) is 42.2 Å². The summed E-state index contributed by atoms with van der Waals surface area (Å²) in [4.78, 5) is 15.3. The molecule has 0 radical (unpaired) electrons. The maximum absolute atomic E-state index is 11.3. The fraction of sp³-hybridized carbons (Fsp3) is 0.250. The summed E-state index contributed by atoms with van der Waals surface area (Å²) in [5, 5.41) is 12.5. The SMILES string of the molecule is CCCCNc1cc(C(=O)O)cc(NS(=O)[O-])c1-c1ccncc1. The average molecular weight is 348 g/mol. The number of benzene rings is 1. The van der Waals surface area contributed by atoms with Gasteiger partial charge < -0.3 is 19.7 Å². The number of carbonyl (C=O) groups is 1. The van der Waals surface area contributed by atoms with Crippen LogP contribution in [0.2, 0.25) is 0 Å². The van der Waals surface area contributed by atoms with E-state index in [-0.39, 0.29) is 11.3 Å². The van der Waals surface area contributed by atoms with Crippen LogP contribution in [0.1, 0.15) is 30.1 Å². The highest BCUT2D eigenvalue weighted by atomic mass is 32.2. The number of anilines is 2. The van der Waals surface area contributed by atoms with Gasteiger partial charge in [0.1, 0.15) is 0 Å². The summed E-state index contributed by atoms with van der Waals surface area (Å²) in [5.74, 6) is -1.13. The Morgan fingerprint density at radius 2 is 1.96 bits per heavy atom. The van der Waals surface area contributed by atoms with E-state index in [1.807, 2.05) is 6.92 Å². The molecule has 3 N–H and O–H groups in total. The van der Waals surface area contributed by atoms with Gasteiger partial charge in [-0.25, -0.2) is 4.79 Å². The summed E-state index contributed by atoms with van der Waals surface area (Å²) in [7, 11) is 0. The van der Waals surface area contributed by atoms with E-state index in [9.17, 15) is 18.7 Å². The van der Waals surface area contributed by atoms with Gasteiger partial charge in [-0.05, 0) is 36.2 Å². The zero-order valence-corrected chi connectivity index (χ0v) is 13.9. The summed E-state index contributed by atoms with van der Waals surface area (Å²) in [6.07, 6.45) is 5.07. The van der Waals surface area contributed by atoms with Gasteiger partial charge in [-0.3, -0.25) is 9.19 Å². The van der Waals surface area contributed by atoms with Gasteiger partial charge in [-0.1, -0.05) is 13.3 Å². The summed E-state index contributed by atoms with van der Waals surface area (Å²) >= 11 is -2.57. The van der Waals surface area contributed by atoms with E-state index in [2.05, 4.69) is 15.0 Å². The Hall–Kier alpha value is -2.45. The number of rotatable bonds is 8. The number of aromatic nitrogens is 1. The van der Waals surface area contributed by atoms with Crippen molar-refractivity contribution in [2.45, 2.75) is 19.8 Å². The molecule has 1 unspecified atom stereocenters. The minimum absolute atomic E-state index is 0.000227. The van der Waals surface area contributed by atoms with E-state index in [0.717, 1.165) is 18.4 Å². The number of carboxylic acid groups (broad SMARTS) is 1. The molecule has 128 valence electrons. The standard InChI is InChI=1S/C16H19N3O4S/c1-2-3-6-18-13-9-12(16(20)21)10-14(19-24(22)23)15(13)11-4-7-17-8-5-11/h4-5,7-10,18-19H,2-3,6H2,1H3,(H,20,21)(H,22,23)/p-1. The van der Waals surface area contributed by atoms with Gasteiger partial charge in [0, 0.05) is 41.5 Å². The molecule has 1 heterocycles. The molecular weight excluding hydrogens is 330 g/mol. The van der Waals surface area contributed by atoms with Crippen LogP contribution in [-0.2, 0) is 11.3 Å². The van der Waals surface area contributed by atoms with Crippen LogP contribution in [0, 0.1) is 0 Å². The fourth-order valence-electron chi connectivity index (χ4n) is 2.30. The lowest BCUT2D eigenvalue weighted by Gasteiger charge is -2.19. The third kappa shape index (κ3) is 4.53. The van der Waals surface area contributed by atoms with Gasteiger partial charge in [0.05, 0.1) is 11.3 Å². The van der Waals surface area contributed by atoms with Gasteiger partial charge in [0.25, 0.3) is 0 Å². The number of aromatic carboxylic acids is 1. The molecule has 1 aromatic carbocycles. The Bertz CT molecular complexity index is 738. The van der Waals surface area contributed by atoms with Crippen LogP contribution in [-0.4, -0.2) is 31.4 Å². The topological polar surface area (TPSA) is 114 Å². The van der Waals surface area contributed by atoms with Crippen molar-refractivity contribution in [2.75, 3.05) is 16.6 Å². The van der Waals surface area contributed by atoms with E-state index < -0.39 is 17.2 Å². The first-order chi connectivity index (χ1) is 11.5. The molecule has 8 heteroatoms. The monoisotopic (exact) mass is 348 g/mol. The summed E-state index contributed by atoms with van der Waals surface area (Å²) in [6, 6.07) is 6.28. The number of unbranched alkanes of at least 4 members (excludes halogenated alkanes) is 1. The maximum atomic E-state index is 11.3. The van der Waals surface area contributed by atoms with Crippen molar-refractivity contribution in [2.24, 2.45) is 0 Å². The van der Waals surface area contributed by atoms with Crippen molar-refractivity contribution < 1.29 is 18.7 Å². The molecule has 0 bridgehead atoms. The van der Waals surface area contributed by atoms with Crippen LogP contribution in [0.3, 0.4) is 0 Å². The molecule has 1 aromatic heterocycles. The van der Waals surface area contributed by atoms with E-state index in [0.29, 0.717) is 17.8 Å². The highest BCUT2D eigenvalue weighted by molar-refractivity contribution is 7.80. The zero-order valence-electron chi connectivity index (χ0n) is 13.1. The van der Waals surface area contributed by atoms with E-state index in [1.165, 1.54) is 12.1 Å². The number of hydrogen-bond acceptors (Lipinski definition) is 5. The quantitative estimate of drug-likeness (QED) is 0.499. The van der Waals surface area contributed by atoms with Gasteiger partial charge in [-0.2, -0.15) is 0 Å². The number of nitrogens with one attached hydrogen (secondary N) is 2. The summed E-state index contributed by atoms with van der Waals surface area (Å²) < 4.78 is 24.5. The minimum Gasteiger partial charge on any atom is -0.755 e. The fourth-order valence-corrected chi connectivity index (χ4v) is 2.65.